The zero-order valence-electron chi connectivity index (χ0n) is 21.7. The highest BCUT2D eigenvalue weighted by Gasteiger charge is 2.23. The summed E-state index contributed by atoms with van der Waals surface area (Å²) in [5.41, 5.74) is 3.26. The van der Waals surface area contributed by atoms with Crippen molar-refractivity contribution in [3.05, 3.63) is 124 Å². The maximum atomic E-state index is 13.4. The summed E-state index contributed by atoms with van der Waals surface area (Å²) in [5, 5.41) is 23.7. The lowest BCUT2D eigenvalue weighted by molar-refractivity contribution is -0.115. The predicted molar refractivity (Wildman–Crippen MR) is 154 cm³/mol. The first-order valence-corrected chi connectivity index (χ1v) is 13.1. The van der Waals surface area contributed by atoms with Gasteiger partial charge < -0.3 is 20.8 Å². The first kappa shape index (κ1) is 28.1. The van der Waals surface area contributed by atoms with Crippen LogP contribution in [0.2, 0.25) is 0 Å². The minimum Gasteiger partial charge on any atom is -0.478 e. The van der Waals surface area contributed by atoms with Crippen molar-refractivity contribution in [2.45, 2.75) is 24.0 Å². The van der Waals surface area contributed by atoms with Crippen LogP contribution in [-0.2, 0) is 4.79 Å². The summed E-state index contributed by atoms with van der Waals surface area (Å²) in [5.74, 6) is -3.57. The van der Waals surface area contributed by atoms with Crippen molar-refractivity contribution < 1.29 is 29.4 Å². The Balaban J connectivity index is 1.52. The number of aryl methyl sites for hydroxylation is 1. The van der Waals surface area contributed by atoms with E-state index in [2.05, 4.69) is 10.6 Å². The van der Waals surface area contributed by atoms with Gasteiger partial charge in [0.2, 0.25) is 5.91 Å². The van der Waals surface area contributed by atoms with E-state index in [0.29, 0.717) is 5.69 Å². The number of hydrogen-bond acceptors (Lipinski definition) is 5. The largest absolute Gasteiger partial charge is 0.478 e. The highest BCUT2D eigenvalue weighted by Crippen LogP contribution is 2.37. The highest BCUT2D eigenvalue weighted by atomic mass is 32.2. The first-order chi connectivity index (χ1) is 19.1. The summed E-state index contributed by atoms with van der Waals surface area (Å²) in [7, 11) is 0. The van der Waals surface area contributed by atoms with Crippen LogP contribution in [0.1, 0.15) is 53.0 Å². The van der Waals surface area contributed by atoms with Crippen LogP contribution in [0.25, 0.3) is 0 Å². The number of hydrogen-bond donors (Lipinski definition) is 4. The third-order valence-corrected chi connectivity index (χ3v) is 7.58. The fraction of sp³-hybridized carbons (Fsp3) is 0.0968. The van der Waals surface area contributed by atoms with Gasteiger partial charge in [0.1, 0.15) is 5.25 Å². The maximum Gasteiger partial charge on any atom is 0.336 e. The molecule has 0 aliphatic carbocycles. The second-order valence-corrected chi connectivity index (χ2v) is 10.2. The van der Waals surface area contributed by atoms with Gasteiger partial charge in [0.15, 0.2) is 0 Å². The van der Waals surface area contributed by atoms with Crippen molar-refractivity contribution >= 4 is 46.9 Å². The van der Waals surface area contributed by atoms with Gasteiger partial charge in [-0.3, -0.25) is 9.59 Å². The third kappa shape index (κ3) is 6.57. The first-order valence-electron chi connectivity index (χ1n) is 12.2. The van der Waals surface area contributed by atoms with Crippen LogP contribution in [0.5, 0.6) is 0 Å². The Morgan fingerprint density at radius 3 is 2.08 bits per heavy atom. The average Bonchev–Trinajstić information content (AvgIpc) is 2.95. The molecule has 4 rings (SSSR count). The van der Waals surface area contributed by atoms with E-state index in [1.165, 1.54) is 23.9 Å². The number of benzene rings is 4. The molecular weight excluding hydrogens is 528 g/mol. The lowest BCUT2D eigenvalue weighted by Crippen LogP contribution is -2.19. The Kier molecular flexibility index (Phi) is 8.66. The van der Waals surface area contributed by atoms with Crippen molar-refractivity contribution in [1.29, 1.82) is 0 Å². The Morgan fingerprint density at radius 2 is 1.43 bits per heavy atom. The van der Waals surface area contributed by atoms with Crippen LogP contribution in [0, 0.1) is 13.8 Å². The smallest absolute Gasteiger partial charge is 0.336 e. The zero-order chi connectivity index (χ0) is 28.8. The van der Waals surface area contributed by atoms with Crippen molar-refractivity contribution in [2.24, 2.45) is 0 Å². The molecule has 40 heavy (non-hydrogen) atoms. The Hall–Kier alpha value is -4.89. The van der Waals surface area contributed by atoms with Crippen molar-refractivity contribution in [3.8, 4) is 0 Å². The lowest BCUT2D eigenvalue weighted by Gasteiger charge is -2.19. The summed E-state index contributed by atoms with van der Waals surface area (Å²) in [6.45, 7) is 3.95. The van der Waals surface area contributed by atoms with Gasteiger partial charge in [-0.2, -0.15) is 0 Å². The Bertz CT molecular complexity index is 1590. The normalized spacial score (nSPS) is 11.3. The number of carboxylic acids is 2. The van der Waals surface area contributed by atoms with E-state index < -0.39 is 28.7 Å². The molecule has 0 radical (unpaired) electrons. The van der Waals surface area contributed by atoms with E-state index in [0.717, 1.165) is 33.3 Å². The molecule has 8 nitrogen and oxygen atoms in total. The van der Waals surface area contributed by atoms with Crippen molar-refractivity contribution in [3.63, 3.8) is 0 Å². The van der Waals surface area contributed by atoms with E-state index in [1.54, 1.807) is 24.3 Å². The molecule has 202 valence electrons. The quantitative estimate of drug-likeness (QED) is 0.175. The molecule has 0 saturated heterocycles. The van der Waals surface area contributed by atoms with Gasteiger partial charge in [-0.25, -0.2) is 9.59 Å². The van der Waals surface area contributed by atoms with Crippen LogP contribution < -0.4 is 10.6 Å². The predicted octanol–water partition coefficient (Wildman–Crippen LogP) is 6.42. The molecule has 0 aliphatic heterocycles. The van der Waals surface area contributed by atoms with E-state index in [9.17, 15) is 24.3 Å². The summed E-state index contributed by atoms with van der Waals surface area (Å²) in [6, 6.07) is 25.3. The second kappa shape index (κ2) is 12.3. The standard InChI is InChI=1S/C31H26N2O6S/c1-18-7-6-10-26(19(18)2)33-29(35)27(20-8-4-3-5-9-20)40-23-14-12-22(13-15-23)32-28(34)24-16-11-21(30(36)37)17-25(24)31(38)39/h3-17,27H,1-2H3,(H,32,34)(H,33,35)(H,36,37)(H,38,39). The maximum absolute atomic E-state index is 13.4. The number of aromatic carboxylic acids is 2. The summed E-state index contributed by atoms with van der Waals surface area (Å²) >= 11 is 1.36. The Labute approximate surface area is 235 Å². The Morgan fingerprint density at radius 1 is 0.725 bits per heavy atom. The van der Waals surface area contributed by atoms with Gasteiger partial charge in [-0.1, -0.05) is 42.5 Å². The SMILES string of the molecule is Cc1cccc(NC(=O)C(Sc2ccc(NC(=O)c3ccc(C(=O)O)cc3C(=O)O)cc2)c2ccccc2)c1C. The topological polar surface area (TPSA) is 133 Å². The highest BCUT2D eigenvalue weighted by molar-refractivity contribution is 8.00. The molecule has 4 aromatic rings. The molecule has 0 heterocycles. The third-order valence-electron chi connectivity index (χ3n) is 6.31. The monoisotopic (exact) mass is 554 g/mol. The number of carbonyl (C=O) groups excluding carboxylic acids is 2. The summed E-state index contributed by atoms with van der Waals surface area (Å²) < 4.78 is 0. The minimum absolute atomic E-state index is 0.164. The molecule has 0 fully saturated rings. The molecule has 4 aromatic carbocycles. The fourth-order valence-corrected chi connectivity index (χ4v) is 5.01. The molecule has 0 aromatic heterocycles. The van der Waals surface area contributed by atoms with Crippen LogP contribution >= 0.6 is 11.8 Å². The fourth-order valence-electron chi connectivity index (χ4n) is 3.99. The molecule has 9 heteroatoms. The van der Waals surface area contributed by atoms with E-state index in [4.69, 9.17) is 5.11 Å². The minimum atomic E-state index is -1.41. The number of carboxylic acid groups (broad SMARTS) is 2. The zero-order valence-corrected chi connectivity index (χ0v) is 22.5. The molecule has 2 amide bonds. The molecule has 0 bridgehead atoms. The van der Waals surface area contributed by atoms with Crippen LogP contribution in [0.15, 0.2) is 95.9 Å². The van der Waals surface area contributed by atoms with Gasteiger partial charge in [-0.05, 0) is 79.1 Å². The van der Waals surface area contributed by atoms with Crippen LogP contribution in [0.3, 0.4) is 0 Å². The number of amides is 2. The van der Waals surface area contributed by atoms with Crippen LogP contribution in [0.4, 0.5) is 11.4 Å². The number of anilines is 2. The summed E-state index contributed by atoms with van der Waals surface area (Å²) in [4.78, 5) is 49.8. The number of carbonyl (C=O) groups is 4. The molecule has 1 atom stereocenters. The van der Waals surface area contributed by atoms with E-state index in [-0.39, 0.29) is 17.0 Å². The van der Waals surface area contributed by atoms with E-state index >= 15 is 0 Å². The van der Waals surface area contributed by atoms with Gasteiger partial charge >= 0.3 is 11.9 Å². The van der Waals surface area contributed by atoms with Gasteiger partial charge in [-0.15, -0.1) is 11.8 Å². The molecule has 1 unspecified atom stereocenters. The summed E-state index contributed by atoms with van der Waals surface area (Å²) in [6.07, 6.45) is 0. The van der Waals surface area contributed by atoms with Gasteiger partial charge in [0.05, 0.1) is 16.7 Å². The molecule has 0 aliphatic rings. The lowest BCUT2D eigenvalue weighted by atomic mass is 10.0. The average molecular weight is 555 g/mol. The second-order valence-electron chi connectivity index (χ2n) is 8.99. The molecular formula is C31H26N2O6S. The number of thioether (sulfide) groups is 1. The number of rotatable bonds is 9. The molecule has 0 spiro atoms. The van der Waals surface area contributed by atoms with Crippen molar-refractivity contribution in [1.82, 2.24) is 0 Å². The van der Waals surface area contributed by atoms with Gasteiger partial charge in [0, 0.05) is 16.3 Å². The number of nitrogens with one attached hydrogen (secondary N) is 2. The van der Waals surface area contributed by atoms with Gasteiger partial charge in [0.25, 0.3) is 5.91 Å². The van der Waals surface area contributed by atoms with Crippen LogP contribution in [-0.4, -0.2) is 34.0 Å². The molecule has 0 saturated carbocycles. The van der Waals surface area contributed by atoms with Crippen molar-refractivity contribution in [2.75, 3.05) is 10.6 Å². The molecule has 4 N–H and O–H groups in total. The van der Waals surface area contributed by atoms with E-state index in [1.807, 2.05) is 62.4 Å².